The molecule has 0 atom stereocenters. The largest absolute Gasteiger partial charge is 0.494 e. The summed E-state index contributed by atoms with van der Waals surface area (Å²) in [6.07, 6.45) is 0. The lowest BCUT2D eigenvalue weighted by Crippen LogP contribution is -2.14. The van der Waals surface area contributed by atoms with Crippen molar-refractivity contribution in [1.29, 1.82) is 0 Å². The average Bonchev–Trinajstić information content (AvgIpc) is 3.05. The summed E-state index contributed by atoms with van der Waals surface area (Å²) in [6.45, 7) is 0. The van der Waals surface area contributed by atoms with Gasteiger partial charge in [0.25, 0.3) is 5.91 Å². The van der Waals surface area contributed by atoms with E-state index in [9.17, 15) is 4.79 Å². The number of amides is 1. The molecule has 0 aliphatic heterocycles. The molecule has 4 nitrogen and oxygen atoms in total. The number of aromatic nitrogens is 1. The Balaban J connectivity index is 1.85. The third-order valence-corrected chi connectivity index (χ3v) is 5.25. The van der Waals surface area contributed by atoms with Crippen molar-refractivity contribution < 1.29 is 9.53 Å². The van der Waals surface area contributed by atoms with E-state index in [1.807, 2.05) is 29.6 Å². The Morgan fingerprint density at radius 3 is 2.52 bits per heavy atom. The number of anilines is 1. The molecule has 1 N–H and O–H groups in total. The van der Waals surface area contributed by atoms with E-state index >= 15 is 0 Å². The van der Waals surface area contributed by atoms with Crippen LogP contribution in [0.2, 0.25) is 10.0 Å². The normalized spacial score (nSPS) is 10.6. The van der Waals surface area contributed by atoms with Crippen molar-refractivity contribution >= 4 is 61.5 Å². The van der Waals surface area contributed by atoms with Crippen LogP contribution >= 0.6 is 50.5 Å². The minimum absolute atomic E-state index is 0.178. The van der Waals surface area contributed by atoms with Crippen molar-refractivity contribution in [3.63, 3.8) is 0 Å². The highest BCUT2D eigenvalue weighted by Gasteiger charge is 2.20. The molecule has 0 radical (unpaired) electrons. The Hall–Kier alpha value is -1.60. The number of thiazole rings is 1. The van der Waals surface area contributed by atoms with Crippen LogP contribution in [0.5, 0.6) is 5.75 Å². The van der Waals surface area contributed by atoms with Crippen molar-refractivity contribution in [2.24, 2.45) is 0 Å². The van der Waals surface area contributed by atoms with Crippen LogP contribution in [0.25, 0.3) is 11.3 Å². The van der Waals surface area contributed by atoms with Gasteiger partial charge < -0.3 is 4.74 Å². The second-order valence-electron chi connectivity index (χ2n) is 4.94. The predicted octanol–water partition coefficient (Wildman–Crippen LogP) is 6.14. The number of rotatable bonds is 4. The van der Waals surface area contributed by atoms with E-state index in [2.05, 4.69) is 26.2 Å². The number of halogens is 3. The summed E-state index contributed by atoms with van der Waals surface area (Å²) in [5.41, 5.74) is 1.91. The van der Waals surface area contributed by atoms with Crippen LogP contribution in [0.1, 0.15) is 10.4 Å². The van der Waals surface area contributed by atoms with Crippen molar-refractivity contribution in [3.8, 4) is 17.0 Å². The molecule has 1 heterocycles. The maximum atomic E-state index is 12.6. The zero-order valence-electron chi connectivity index (χ0n) is 12.8. The highest BCUT2D eigenvalue weighted by Crippen LogP contribution is 2.35. The smallest absolute Gasteiger partial charge is 0.262 e. The van der Waals surface area contributed by atoms with Gasteiger partial charge in [0, 0.05) is 15.4 Å². The van der Waals surface area contributed by atoms with Gasteiger partial charge in [-0.2, -0.15) is 0 Å². The van der Waals surface area contributed by atoms with Crippen LogP contribution in [0, 0.1) is 0 Å². The second kappa shape index (κ2) is 7.74. The molecule has 3 rings (SSSR count). The van der Waals surface area contributed by atoms with Crippen LogP contribution in [-0.2, 0) is 0 Å². The van der Waals surface area contributed by atoms with Gasteiger partial charge in [0.05, 0.1) is 22.8 Å². The lowest BCUT2D eigenvalue weighted by molar-refractivity contribution is 0.102. The molecule has 0 spiro atoms. The number of carbonyl (C=O) groups is 1. The standard InChI is InChI=1S/C17H11BrCl2N2O2S/c1-24-15-12(20)7-6-11(19)14(15)16(23)22-17-21-13(8-25-17)9-2-4-10(18)5-3-9/h2-8H,1H3,(H,21,22,23). The van der Waals surface area contributed by atoms with E-state index in [0.717, 1.165) is 15.7 Å². The highest BCUT2D eigenvalue weighted by molar-refractivity contribution is 9.10. The number of nitrogens with one attached hydrogen (secondary N) is 1. The zero-order chi connectivity index (χ0) is 18.0. The third-order valence-electron chi connectivity index (χ3n) is 3.35. The van der Waals surface area contributed by atoms with Gasteiger partial charge in [-0.15, -0.1) is 11.3 Å². The van der Waals surface area contributed by atoms with Crippen LogP contribution in [-0.4, -0.2) is 18.0 Å². The molecular formula is C17H11BrCl2N2O2S. The van der Waals surface area contributed by atoms with E-state index in [-0.39, 0.29) is 16.3 Å². The molecule has 3 aromatic rings. The van der Waals surface area contributed by atoms with E-state index in [1.54, 1.807) is 12.1 Å². The first-order chi connectivity index (χ1) is 12.0. The number of carbonyl (C=O) groups excluding carboxylic acids is 1. The molecule has 0 bridgehead atoms. The second-order valence-corrected chi connectivity index (χ2v) is 7.52. The minimum Gasteiger partial charge on any atom is -0.494 e. The average molecular weight is 458 g/mol. The van der Waals surface area contributed by atoms with E-state index < -0.39 is 5.91 Å². The van der Waals surface area contributed by atoms with Crippen molar-refractivity contribution in [1.82, 2.24) is 4.98 Å². The zero-order valence-corrected chi connectivity index (χ0v) is 16.8. The molecule has 0 aliphatic carbocycles. The summed E-state index contributed by atoms with van der Waals surface area (Å²) in [7, 11) is 1.43. The van der Waals surface area contributed by atoms with Crippen molar-refractivity contribution in [2.45, 2.75) is 0 Å². The van der Waals surface area contributed by atoms with Gasteiger partial charge >= 0.3 is 0 Å². The number of ether oxygens (including phenoxy) is 1. The molecule has 1 amide bonds. The number of hydrogen-bond donors (Lipinski definition) is 1. The van der Waals surface area contributed by atoms with Crippen molar-refractivity contribution in [3.05, 3.63) is 61.9 Å². The molecule has 0 saturated carbocycles. The van der Waals surface area contributed by atoms with Gasteiger partial charge in [-0.25, -0.2) is 4.98 Å². The molecule has 0 aliphatic rings. The summed E-state index contributed by atoms with van der Waals surface area (Å²) in [5, 5.41) is 5.63. The van der Waals surface area contributed by atoms with Crippen LogP contribution in [0.15, 0.2) is 46.3 Å². The Morgan fingerprint density at radius 1 is 1.16 bits per heavy atom. The van der Waals surface area contributed by atoms with Gasteiger partial charge in [0.2, 0.25) is 0 Å². The number of nitrogens with zero attached hydrogens (tertiary/aromatic N) is 1. The molecule has 0 fully saturated rings. The summed E-state index contributed by atoms with van der Waals surface area (Å²) < 4.78 is 6.19. The first-order valence-electron chi connectivity index (χ1n) is 7.04. The fourth-order valence-electron chi connectivity index (χ4n) is 2.19. The summed E-state index contributed by atoms with van der Waals surface area (Å²) in [5.74, 6) is -0.197. The number of hydrogen-bond acceptors (Lipinski definition) is 4. The van der Waals surface area contributed by atoms with Crippen LogP contribution < -0.4 is 10.1 Å². The van der Waals surface area contributed by atoms with Gasteiger partial charge in [-0.05, 0) is 24.3 Å². The minimum atomic E-state index is -0.430. The SMILES string of the molecule is COc1c(Cl)ccc(Cl)c1C(=O)Nc1nc(-c2ccc(Br)cc2)cs1. The molecule has 128 valence electrons. The molecule has 0 unspecified atom stereocenters. The molecule has 25 heavy (non-hydrogen) atoms. The predicted molar refractivity (Wildman–Crippen MR) is 106 cm³/mol. The highest BCUT2D eigenvalue weighted by atomic mass is 79.9. The van der Waals surface area contributed by atoms with Crippen LogP contribution in [0.3, 0.4) is 0 Å². The molecule has 2 aromatic carbocycles. The van der Waals surface area contributed by atoms with E-state index in [1.165, 1.54) is 18.4 Å². The Bertz CT molecular complexity index is 929. The first kappa shape index (κ1) is 18.2. The summed E-state index contributed by atoms with van der Waals surface area (Å²) >= 11 is 16.9. The number of benzene rings is 2. The Morgan fingerprint density at radius 2 is 1.84 bits per heavy atom. The fraction of sp³-hybridized carbons (Fsp3) is 0.0588. The quantitative estimate of drug-likeness (QED) is 0.511. The number of methoxy groups -OCH3 is 1. The van der Waals surface area contributed by atoms with Gasteiger partial charge in [0.15, 0.2) is 10.9 Å². The Kier molecular flexibility index (Phi) is 5.64. The first-order valence-corrected chi connectivity index (χ1v) is 9.47. The van der Waals surface area contributed by atoms with Crippen molar-refractivity contribution in [2.75, 3.05) is 12.4 Å². The van der Waals surface area contributed by atoms with Gasteiger partial charge in [-0.1, -0.05) is 51.3 Å². The third kappa shape index (κ3) is 3.98. The summed E-state index contributed by atoms with van der Waals surface area (Å²) in [6, 6.07) is 10.9. The lowest BCUT2D eigenvalue weighted by Gasteiger charge is -2.11. The fourth-order valence-corrected chi connectivity index (χ4v) is 3.64. The topological polar surface area (TPSA) is 51.2 Å². The Labute approximate surface area is 166 Å². The maximum Gasteiger partial charge on any atom is 0.262 e. The molecule has 8 heteroatoms. The summed E-state index contributed by atoms with van der Waals surface area (Å²) in [4.78, 5) is 17.0. The van der Waals surface area contributed by atoms with Gasteiger partial charge in [0.1, 0.15) is 5.56 Å². The lowest BCUT2D eigenvalue weighted by atomic mass is 10.2. The van der Waals surface area contributed by atoms with Crippen LogP contribution in [0.4, 0.5) is 5.13 Å². The maximum absolute atomic E-state index is 12.6. The molecular weight excluding hydrogens is 447 g/mol. The van der Waals surface area contributed by atoms with E-state index in [4.69, 9.17) is 27.9 Å². The monoisotopic (exact) mass is 456 g/mol. The molecule has 0 saturated heterocycles. The van der Waals surface area contributed by atoms with E-state index in [0.29, 0.717) is 10.2 Å². The van der Waals surface area contributed by atoms with Gasteiger partial charge in [-0.3, -0.25) is 10.1 Å². The molecule has 1 aromatic heterocycles.